The zero-order valence-corrected chi connectivity index (χ0v) is 8.69. The molecule has 84 valence electrons. The largest absolute Gasteiger partial charge is 0.344 e. The minimum atomic E-state index is -0.809. The van der Waals surface area contributed by atoms with E-state index in [1.807, 2.05) is 29.7 Å². The number of rotatable bonds is 1. The van der Waals surface area contributed by atoms with Gasteiger partial charge in [0.05, 0.1) is 0 Å². The van der Waals surface area contributed by atoms with Crippen LogP contribution in [0.15, 0.2) is 24.3 Å². The van der Waals surface area contributed by atoms with Gasteiger partial charge in [-0.15, -0.1) is 0 Å². The zero-order chi connectivity index (χ0) is 11.5. The molecule has 5 heteroatoms. The number of hydrazine groups is 1. The Labute approximate surface area is 93.0 Å². The molecule has 1 aromatic carbocycles. The molecule has 5 nitrogen and oxygen atoms in total. The van der Waals surface area contributed by atoms with Crippen LogP contribution in [-0.2, 0) is 22.4 Å². The predicted molar refractivity (Wildman–Crippen MR) is 58.1 cm³/mol. The van der Waals surface area contributed by atoms with Crippen molar-refractivity contribution in [2.75, 3.05) is 0 Å². The third-order valence-corrected chi connectivity index (χ3v) is 2.72. The van der Waals surface area contributed by atoms with Crippen LogP contribution in [0.1, 0.15) is 11.1 Å². The average molecular weight is 219 g/mol. The van der Waals surface area contributed by atoms with Gasteiger partial charge in [0.25, 0.3) is 0 Å². The lowest BCUT2D eigenvalue weighted by Crippen LogP contribution is -2.47. The van der Waals surface area contributed by atoms with E-state index in [4.69, 9.17) is 5.84 Å². The molecule has 0 radical (unpaired) electrons. The van der Waals surface area contributed by atoms with Crippen molar-refractivity contribution < 1.29 is 9.59 Å². The molecule has 2 rings (SSSR count). The fourth-order valence-corrected chi connectivity index (χ4v) is 1.98. The summed E-state index contributed by atoms with van der Waals surface area (Å²) in [7, 11) is 0. The normalized spacial score (nSPS) is 14.3. The van der Waals surface area contributed by atoms with Gasteiger partial charge in [0, 0.05) is 6.04 Å². The first-order chi connectivity index (χ1) is 7.70. The van der Waals surface area contributed by atoms with Crippen LogP contribution in [0.3, 0.4) is 0 Å². The van der Waals surface area contributed by atoms with Crippen molar-refractivity contribution in [1.29, 1.82) is 0 Å². The van der Waals surface area contributed by atoms with Crippen LogP contribution in [0.5, 0.6) is 0 Å². The van der Waals surface area contributed by atoms with Gasteiger partial charge < -0.3 is 5.32 Å². The van der Waals surface area contributed by atoms with Crippen molar-refractivity contribution in [3.05, 3.63) is 35.4 Å². The van der Waals surface area contributed by atoms with Crippen molar-refractivity contribution in [1.82, 2.24) is 10.7 Å². The molecule has 0 heterocycles. The van der Waals surface area contributed by atoms with Crippen LogP contribution in [0.2, 0.25) is 0 Å². The Bertz CT molecular complexity index is 406. The summed E-state index contributed by atoms with van der Waals surface area (Å²) in [5.74, 6) is 3.38. The molecule has 0 aromatic heterocycles. The van der Waals surface area contributed by atoms with E-state index in [0.29, 0.717) is 0 Å². The number of nitrogens with two attached hydrogens (primary N) is 1. The van der Waals surface area contributed by atoms with Crippen molar-refractivity contribution in [3.8, 4) is 0 Å². The maximum atomic E-state index is 11.3. The smallest absolute Gasteiger partial charge is 0.323 e. The summed E-state index contributed by atoms with van der Waals surface area (Å²) in [5.41, 5.74) is 4.26. The lowest BCUT2D eigenvalue weighted by atomic mass is 10.1. The molecule has 0 fully saturated rings. The number of fused-ring (bicyclic) bond motifs is 1. The van der Waals surface area contributed by atoms with E-state index in [9.17, 15) is 9.59 Å². The van der Waals surface area contributed by atoms with Crippen LogP contribution in [-0.4, -0.2) is 17.9 Å². The molecule has 0 spiro atoms. The summed E-state index contributed by atoms with van der Waals surface area (Å²) in [6, 6.07) is 7.99. The molecule has 0 saturated heterocycles. The monoisotopic (exact) mass is 219 g/mol. The quantitative estimate of drug-likeness (QED) is 0.252. The van der Waals surface area contributed by atoms with E-state index < -0.39 is 11.8 Å². The third kappa shape index (κ3) is 2.04. The summed E-state index contributed by atoms with van der Waals surface area (Å²) in [5, 5.41) is 2.65. The molecule has 2 amide bonds. The minimum Gasteiger partial charge on any atom is -0.344 e. The third-order valence-electron chi connectivity index (χ3n) is 2.72. The highest BCUT2D eigenvalue weighted by molar-refractivity contribution is 6.34. The maximum Gasteiger partial charge on any atom is 0.323 e. The number of hydrogen-bond donors (Lipinski definition) is 3. The molecule has 0 atom stereocenters. The van der Waals surface area contributed by atoms with Crippen molar-refractivity contribution >= 4 is 11.8 Å². The van der Waals surface area contributed by atoms with E-state index in [0.717, 1.165) is 12.8 Å². The second-order valence-corrected chi connectivity index (χ2v) is 3.82. The first-order valence-corrected chi connectivity index (χ1v) is 5.09. The van der Waals surface area contributed by atoms with Gasteiger partial charge in [0.1, 0.15) is 0 Å². The Balaban J connectivity index is 1.97. The van der Waals surface area contributed by atoms with Crippen LogP contribution < -0.4 is 16.6 Å². The highest BCUT2D eigenvalue weighted by Gasteiger charge is 2.24. The molecular formula is C11H13N3O2. The topological polar surface area (TPSA) is 84.2 Å². The first-order valence-electron chi connectivity index (χ1n) is 5.09. The number of carbonyl (C=O) groups excluding carboxylic acids is 2. The lowest BCUT2D eigenvalue weighted by molar-refractivity contribution is -0.139. The summed E-state index contributed by atoms with van der Waals surface area (Å²) >= 11 is 0. The molecular weight excluding hydrogens is 206 g/mol. The number of hydrogen-bond acceptors (Lipinski definition) is 3. The summed E-state index contributed by atoms with van der Waals surface area (Å²) < 4.78 is 0. The molecule has 0 bridgehead atoms. The van der Waals surface area contributed by atoms with Gasteiger partial charge in [-0.2, -0.15) is 0 Å². The molecule has 16 heavy (non-hydrogen) atoms. The summed E-state index contributed by atoms with van der Waals surface area (Å²) in [6.45, 7) is 0. The van der Waals surface area contributed by atoms with E-state index in [-0.39, 0.29) is 6.04 Å². The minimum absolute atomic E-state index is 0.0119. The van der Waals surface area contributed by atoms with Crippen molar-refractivity contribution in [2.45, 2.75) is 18.9 Å². The second kappa shape index (κ2) is 4.32. The highest BCUT2D eigenvalue weighted by atomic mass is 16.2. The van der Waals surface area contributed by atoms with Gasteiger partial charge in [0.15, 0.2) is 0 Å². The number of amides is 2. The maximum absolute atomic E-state index is 11.3. The molecule has 1 aliphatic carbocycles. The van der Waals surface area contributed by atoms with E-state index >= 15 is 0 Å². The van der Waals surface area contributed by atoms with Crippen LogP contribution in [0.4, 0.5) is 0 Å². The molecule has 0 aliphatic heterocycles. The Morgan fingerprint density at radius 1 is 1.12 bits per heavy atom. The number of carbonyl (C=O) groups is 2. The van der Waals surface area contributed by atoms with Crippen LogP contribution >= 0.6 is 0 Å². The Morgan fingerprint density at radius 2 is 1.69 bits per heavy atom. The Hall–Kier alpha value is -1.88. The lowest BCUT2D eigenvalue weighted by Gasteiger charge is -2.10. The fourth-order valence-electron chi connectivity index (χ4n) is 1.98. The van der Waals surface area contributed by atoms with Crippen LogP contribution in [0.25, 0.3) is 0 Å². The van der Waals surface area contributed by atoms with Gasteiger partial charge >= 0.3 is 11.8 Å². The summed E-state index contributed by atoms with van der Waals surface area (Å²) in [6.07, 6.45) is 1.53. The van der Waals surface area contributed by atoms with Crippen molar-refractivity contribution in [2.24, 2.45) is 5.84 Å². The molecule has 0 saturated carbocycles. The Kier molecular flexibility index (Phi) is 2.87. The second-order valence-electron chi connectivity index (χ2n) is 3.82. The molecule has 4 N–H and O–H groups in total. The number of benzene rings is 1. The van der Waals surface area contributed by atoms with E-state index in [1.165, 1.54) is 11.1 Å². The van der Waals surface area contributed by atoms with E-state index in [2.05, 4.69) is 5.32 Å². The van der Waals surface area contributed by atoms with Gasteiger partial charge in [-0.25, -0.2) is 5.84 Å². The Morgan fingerprint density at radius 3 is 2.19 bits per heavy atom. The zero-order valence-electron chi connectivity index (χ0n) is 8.69. The fraction of sp³-hybridized carbons (Fsp3) is 0.273. The first kappa shape index (κ1) is 10.6. The van der Waals surface area contributed by atoms with E-state index in [1.54, 1.807) is 0 Å². The highest BCUT2D eigenvalue weighted by Crippen LogP contribution is 2.21. The summed E-state index contributed by atoms with van der Waals surface area (Å²) in [4.78, 5) is 22.2. The molecule has 0 unspecified atom stereocenters. The standard InChI is InChI=1S/C11H13N3O2/c12-14-11(16)10(15)13-9-5-7-3-1-2-4-8(7)6-9/h1-4,9H,5-6,12H2,(H,13,15)(H,14,16). The van der Waals surface area contributed by atoms with Gasteiger partial charge in [-0.05, 0) is 24.0 Å². The predicted octanol–water partition coefficient (Wildman–Crippen LogP) is -0.740. The van der Waals surface area contributed by atoms with Crippen LogP contribution in [0, 0.1) is 0 Å². The number of nitrogens with one attached hydrogen (secondary N) is 2. The van der Waals surface area contributed by atoms with Gasteiger partial charge in [-0.1, -0.05) is 24.3 Å². The van der Waals surface area contributed by atoms with Gasteiger partial charge in [0.2, 0.25) is 0 Å². The molecule has 1 aromatic rings. The SMILES string of the molecule is NNC(=O)C(=O)NC1Cc2ccccc2C1. The molecule has 1 aliphatic rings. The average Bonchev–Trinajstić information content (AvgIpc) is 2.69. The van der Waals surface area contributed by atoms with Crippen molar-refractivity contribution in [3.63, 3.8) is 0 Å². The van der Waals surface area contributed by atoms with Gasteiger partial charge in [-0.3, -0.25) is 15.0 Å².